The Morgan fingerprint density at radius 2 is 1.88 bits per heavy atom. The maximum Gasteiger partial charge on any atom is 0.191 e. The molecule has 1 aliphatic heterocycles. The third-order valence-corrected chi connectivity index (χ3v) is 4.45. The number of nitrogens with one attached hydrogen (secondary N) is 2. The number of methoxy groups -OCH3 is 1. The molecule has 0 aromatic heterocycles. The zero-order chi connectivity index (χ0) is 17.8. The van der Waals surface area contributed by atoms with Gasteiger partial charge in [-0.3, -0.25) is 4.99 Å². The van der Waals surface area contributed by atoms with Gasteiger partial charge in [-0.1, -0.05) is 20.8 Å². The van der Waals surface area contributed by atoms with Crippen LogP contribution in [0.1, 0.15) is 59.8 Å². The highest BCUT2D eigenvalue weighted by Crippen LogP contribution is 2.20. The molecule has 1 aliphatic rings. The summed E-state index contributed by atoms with van der Waals surface area (Å²) in [6, 6.07) is 0.545. The summed E-state index contributed by atoms with van der Waals surface area (Å²) in [6.07, 6.45) is 5.89. The van der Waals surface area contributed by atoms with Crippen LogP contribution in [0.3, 0.4) is 0 Å². The van der Waals surface area contributed by atoms with Crippen LogP contribution in [0.25, 0.3) is 0 Å². The van der Waals surface area contributed by atoms with E-state index in [2.05, 4.69) is 43.2 Å². The van der Waals surface area contributed by atoms with Crippen molar-refractivity contribution in [3.63, 3.8) is 0 Å². The molecule has 150 valence electrons. The lowest BCUT2D eigenvalue weighted by atomic mass is 9.91. The van der Waals surface area contributed by atoms with Gasteiger partial charge in [0.25, 0.3) is 0 Å². The van der Waals surface area contributed by atoms with Gasteiger partial charge >= 0.3 is 0 Å². The molecule has 0 spiro atoms. The fraction of sp³-hybridized carbons (Fsp3) is 0.947. The largest absolute Gasteiger partial charge is 0.385 e. The van der Waals surface area contributed by atoms with E-state index in [0.717, 1.165) is 45.0 Å². The maximum absolute atomic E-state index is 5.14. The molecule has 0 unspecified atom stereocenters. The number of rotatable bonds is 9. The Kier molecular flexibility index (Phi) is 14.0. The second-order valence-electron chi connectivity index (χ2n) is 8.03. The molecule has 0 aromatic rings. The Hall–Kier alpha value is -0.0800. The third kappa shape index (κ3) is 12.8. The van der Waals surface area contributed by atoms with Gasteiger partial charge < -0.3 is 20.3 Å². The van der Waals surface area contributed by atoms with Gasteiger partial charge in [0.2, 0.25) is 0 Å². The average Bonchev–Trinajstić information content (AvgIpc) is 2.52. The van der Waals surface area contributed by atoms with E-state index in [-0.39, 0.29) is 24.0 Å². The summed E-state index contributed by atoms with van der Waals surface area (Å²) in [5.74, 6) is 0.990. The van der Waals surface area contributed by atoms with Gasteiger partial charge in [0.1, 0.15) is 0 Å². The van der Waals surface area contributed by atoms with E-state index in [0.29, 0.717) is 11.5 Å². The molecular formula is C19H41IN4O. The molecular weight excluding hydrogens is 427 g/mol. The van der Waals surface area contributed by atoms with Crippen LogP contribution in [0, 0.1) is 5.41 Å². The number of ether oxygens (including phenoxy) is 1. The molecule has 1 rings (SSSR count). The summed E-state index contributed by atoms with van der Waals surface area (Å²) in [5, 5.41) is 7.02. The number of nitrogens with zero attached hydrogens (tertiary/aromatic N) is 2. The van der Waals surface area contributed by atoms with Crippen molar-refractivity contribution in [3.05, 3.63) is 0 Å². The third-order valence-electron chi connectivity index (χ3n) is 4.45. The van der Waals surface area contributed by atoms with Gasteiger partial charge in [0.05, 0.1) is 0 Å². The van der Waals surface area contributed by atoms with E-state index in [1.165, 1.54) is 32.4 Å². The number of aliphatic imine (C=N–C) groups is 1. The Morgan fingerprint density at radius 1 is 1.20 bits per heavy atom. The molecule has 0 radical (unpaired) electrons. The van der Waals surface area contributed by atoms with Gasteiger partial charge in [0, 0.05) is 52.5 Å². The van der Waals surface area contributed by atoms with Crippen molar-refractivity contribution in [1.82, 2.24) is 15.5 Å². The van der Waals surface area contributed by atoms with Crippen molar-refractivity contribution in [1.29, 1.82) is 0 Å². The molecule has 1 saturated heterocycles. The van der Waals surface area contributed by atoms with Crippen LogP contribution in [-0.4, -0.2) is 63.3 Å². The minimum atomic E-state index is 0. The summed E-state index contributed by atoms with van der Waals surface area (Å²) in [5.41, 5.74) is 0.400. The Labute approximate surface area is 172 Å². The van der Waals surface area contributed by atoms with E-state index in [4.69, 9.17) is 9.73 Å². The Bertz CT molecular complexity index is 350. The predicted molar refractivity (Wildman–Crippen MR) is 119 cm³/mol. The molecule has 0 bridgehead atoms. The lowest BCUT2D eigenvalue weighted by molar-refractivity contribution is 0.155. The number of hydrogen-bond acceptors (Lipinski definition) is 3. The molecule has 0 amide bonds. The highest BCUT2D eigenvalue weighted by molar-refractivity contribution is 14.0. The topological polar surface area (TPSA) is 48.9 Å². The zero-order valence-corrected chi connectivity index (χ0v) is 19.4. The van der Waals surface area contributed by atoms with Crippen LogP contribution in [0.2, 0.25) is 0 Å². The van der Waals surface area contributed by atoms with Crippen LogP contribution < -0.4 is 10.6 Å². The monoisotopic (exact) mass is 468 g/mol. The van der Waals surface area contributed by atoms with Crippen molar-refractivity contribution in [2.75, 3.05) is 46.4 Å². The standard InChI is InChI=1S/C19H40N4O.HI/c1-6-20-18(21-12-7-11-19(2,3)4)22-17-9-14-23(15-10-17)13-8-16-24-5;/h17H,6-16H2,1-5H3,(H2,20,21,22);1H. The molecule has 0 aliphatic carbocycles. The van der Waals surface area contributed by atoms with Gasteiger partial charge in [-0.25, -0.2) is 0 Å². The first-order valence-electron chi connectivity index (χ1n) is 9.70. The first-order chi connectivity index (χ1) is 11.4. The summed E-state index contributed by atoms with van der Waals surface area (Å²) in [6.45, 7) is 15.2. The highest BCUT2D eigenvalue weighted by atomic mass is 127. The molecule has 1 heterocycles. The number of guanidine groups is 1. The van der Waals surface area contributed by atoms with Crippen LogP contribution in [0.4, 0.5) is 0 Å². The molecule has 0 atom stereocenters. The van der Waals surface area contributed by atoms with Crippen LogP contribution in [-0.2, 0) is 4.74 Å². The molecule has 25 heavy (non-hydrogen) atoms. The minimum absolute atomic E-state index is 0. The quantitative estimate of drug-likeness (QED) is 0.236. The van der Waals surface area contributed by atoms with E-state index in [1.54, 1.807) is 7.11 Å². The summed E-state index contributed by atoms with van der Waals surface area (Å²) < 4.78 is 5.14. The van der Waals surface area contributed by atoms with Crippen molar-refractivity contribution in [2.24, 2.45) is 10.4 Å². The van der Waals surface area contributed by atoms with Crippen molar-refractivity contribution >= 4 is 29.9 Å². The van der Waals surface area contributed by atoms with Crippen LogP contribution >= 0.6 is 24.0 Å². The lowest BCUT2D eigenvalue weighted by Gasteiger charge is -2.33. The Morgan fingerprint density at radius 3 is 2.44 bits per heavy atom. The number of piperidine rings is 1. The zero-order valence-electron chi connectivity index (χ0n) is 17.1. The lowest BCUT2D eigenvalue weighted by Crippen LogP contribution is -2.48. The minimum Gasteiger partial charge on any atom is -0.385 e. The number of hydrogen-bond donors (Lipinski definition) is 2. The summed E-state index contributed by atoms with van der Waals surface area (Å²) in [7, 11) is 1.78. The number of likely N-dealkylation sites (tertiary alicyclic amines) is 1. The second-order valence-corrected chi connectivity index (χ2v) is 8.03. The molecule has 5 nitrogen and oxygen atoms in total. The second kappa shape index (κ2) is 14.0. The number of halogens is 1. The van der Waals surface area contributed by atoms with E-state index in [1.807, 2.05) is 0 Å². The van der Waals surface area contributed by atoms with E-state index < -0.39 is 0 Å². The first kappa shape index (κ1) is 24.9. The molecule has 2 N–H and O–H groups in total. The van der Waals surface area contributed by atoms with Crippen molar-refractivity contribution in [2.45, 2.75) is 65.8 Å². The average molecular weight is 468 g/mol. The van der Waals surface area contributed by atoms with Gasteiger partial charge in [-0.15, -0.1) is 24.0 Å². The molecule has 0 aromatic carbocycles. The van der Waals surface area contributed by atoms with Crippen molar-refractivity contribution in [3.8, 4) is 0 Å². The van der Waals surface area contributed by atoms with Crippen molar-refractivity contribution < 1.29 is 4.74 Å². The fourth-order valence-corrected chi connectivity index (χ4v) is 3.05. The van der Waals surface area contributed by atoms with E-state index in [9.17, 15) is 0 Å². The molecule has 1 fully saturated rings. The fourth-order valence-electron chi connectivity index (χ4n) is 3.05. The first-order valence-corrected chi connectivity index (χ1v) is 9.70. The maximum atomic E-state index is 5.14. The Balaban J connectivity index is 0.00000576. The SMILES string of the molecule is CCNC(=NCCCC(C)(C)C)NC1CCN(CCCOC)CC1.I. The van der Waals surface area contributed by atoms with Gasteiger partial charge in [-0.05, 0) is 44.4 Å². The normalized spacial score (nSPS) is 17.2. The summed E-state index contributed by atoms with van der Waals surface area (Å²) in [4.78, 5) is 7.30. The van der Waals surface area contributed by atoms with Gasteiger partial charge in [-0.2, -0.15) is 0 Å². The van der Waals surface area contributed by atoms with E-state index >= 15 is 0 Å². The smallest absolute Gasteiger partial charge is 0.191 e. The van der Waals surface area contributed by atoms with Crippen LogP contribution in [0.15, 0.2) is 4.99 Å². The molecule has 6 heteroatoms. The van der Waals surface area contributed by atoms with Gasteiger partial charge in [0.15, 0.2) is 5.96 Å². The molecule has 0 saturated carbocycles. The van der Waals surface area contributed by atoms with Crippen LogP contribution in [0.5, 0.6) is 0 Å². The highest BCUT2D eigenvalue weighted by Gasteiger charge is 2.19. The summed E-state index contributed by atoms with van der Waals surface area (Å²) >= 11 is 0. The predicted octanol–water partition coefficient (Wildman–Crippen LogP) is 3.49.